The topological polar surface area (TPSA) is 50.9 Å². The zero-order valence-corrected chi connectivity index (χ0v) is 12.7. The van der Waals surface area contributed by atoms with Crippen LogP contribution in [0.15, 0.2) is 54.6 Å². The van der Waals surface area contributed by atoms with Gasteiger partial charge in [0, 0.05) is 11.4 Å². The summed E-state index contributed by atoms with van der Waals surface area (Å²) in [5.74, 6) is 0. The Morgan fingerprint density at radius 2 is 1.68 bits per heavy atom. The lowest BCUT2D eigenvalue weighted by molar-refractivity contribution is 0.275. The van der Waals surface area contributed by atoms with Crippen molar-refractivity contribution < 1.29 is 5.11 Å². The molecule has 3 rings (SSSR count). The van der Waals surface area contributed by atoms with Crippen LogP contribution in [0.5, 0.6) is 0 Å². The molecule has 2 aromatic carbocycles. The summed E-state index contributed by atoms with van der Waals surface area (Å²) in [4.78, 5) is 0. The highest BCUT2D eigenvalue weighted by molar-refractivity contribution is 6.30. The molecule has 0 amide bonds. The highest BCUT2D eigenvalue weighted by atomic mass is 35.5. The lowest BCUT2D eigenvalue weighted by Gasteiger charge is -2.08. The van der Waals surface area contributed by atoms with Crippen LogP contribution in [0, 0.1) is 0 Å². The summed E-state index contributed by atoms with van der Waals surface area (Å²) in [6.45, 7) is 0.522. The second-order valence-electron chi connectivity index (χ2n) is 5.09. The van der Waals surface area contributed by atoms with Crippen molar-refractivity contribution in [3.05, 3.63) is 82.1 Å². The second kappa shape index (κ2) is 6.73. The fourth-order valence-corrected chi connectivity index (χ4v) is 2.49. The van der Waals surface area contributed by atoms with Gasteiger partial charge in [-0.1, -0.05) is 59.3 Å². The summed E-state index contributed by atoms with van der Waals surface area (Å²) in [5.41, 5.74) is 3.80. The molecular weight excluding hydrogens is 298 g/mol. The standard InChI is InChI=1S/C17H16ClN3O/c18-15-8-6-13(7-9-15)10-17-16(12-22)19-20-21(17)11-14-4-2-1-3-5-14/h1-9,22H,10-12H2. The van der Waals surface area contributed by atoms with E-state index in [0.717, 1.165) is 16.8 Å². The number of benzene rings is 2. The molecule has 0 radical (unpaired) electrons. The van der Waals surface area contributed by atoms with Crippen molar-refractivity contribution >= 4 is 11.6 Å². The highest BCUT2D eigenvalue weighted by Gasteiger charge is 2.13. The molecule has 0 spiro atoms. The Hall–Kier alpha value is -2.17. The number of halogens is 1. The van der Waals surface area contributed by atoms with Gasteiger partial charge in [-0.3, -0.25) is 0 Å². The van der Waals surface area contributed by atoms with Crippen LogP contribution in [-0.2, 0) is 19.6 Å². The number of aliphatic hydroxyl groups excluding tert-OH is 1. The minimum absolute atomic E-state index is 0.113. The molecule has 112 valence electrons. The fraction of sp³-hybridized carbons (Fsp3) is 0.176. The molecule has 1 aromatic heterocycles. The van der Waals surface area contributed by atoms with Crippen LogP contribution in [0.25, 0.3) is 0 Å². The average molecular weight is 314 g/mol. The lowest BCUT2D eigenvalue weighted by atomic mass is 10.1. The van der Waals surface area contributed by atoms with Crippen LogP contribution in [0.4, 0.5) is 0 Å². The monoisotopic (exact) mass is 313 g/mol. The molecule has 22 heavy (non-hydrogen) atoms. The molecule has 0 saturated carbocycles. The molecule has 4 nitrogen and oxygen atoms in total. The van der Waals surface area contributed by atoms with Gasteiger partial charge >= 0.3 is 0 Å². The van der Waals surface area contributed by atoms with E-state index >= 15 is 0 Å². The summed E-state index contributed by atoms with van der Waals surface area (Å²) in [6.07, 6.45) is 0.660. The van der Waals surface area contributed by atoms with Crippen molar-refractivity contribution in [1.29, 1.82) is 0 Å². The van der Waals surface area contributed by atoms with E-state index in [1.54, 1.807) is 0 Å². The minimum atomic E-state index is -0.113. The fourth-order valence-electron chi connectivity index (χ4n) is 2.36. The predicted molar refractivity (Wildman–Crippen MR) is 85.7 cm³/mol. The predicted octanol–water partition coefficient (Wildman–Crippen LogP) is 3.06. The van der Waals surface area contributed by atoms with Crippen LogP contribution in [0.3, 0.4) is 0 Å². The third kappa shape index (κ3) is 3.35. The van der Waals surface area contributed by atoms with Crippen LogP contribution in [-0.4, -0.2) is 20.1 Å². The van der Waals surface area contributed by atoms with E-state index in [2.05, 4.69) is 10.3 Å². The molecular formula is C17H16ClN3O. The maximum absolute atomic E-state index is 9.48. The second-order valence-corrected chi connectivity index (χ2v) is 5.52. The Bertz CT molecular complexity index is 738. The summed E-state index contributed by atoms with van der Waals surface area (Å²) in [5, 5.41) is 18.5. The molecule has 0 aliphatic heterocycles. The van der Waals surface area contributed by atoms with E-state index in [0.29, 0.717) is 23.7 Å². The quantitative estimate of drug-likeness (QED) is 0.787. The van der Waals surface area contributed by atoms with Crippen molar-refractivity contribution in [3.63, 3.8) is 0 Å². The molecule has 1 N–H and O–H groups in total. The van der Waals surface area contributed by atoms with Gasteiger partial charge < -0.3 is 5.11 Å². The maximum Gasteiger partial charge on any atom is 0.112 e. The molecule has 0 fully saturated rings. The molecule has 0 saturated heterocycles. The third-order valence-corrected chi connectivity index (χ3v) is 3.78. The van der Waals surface area contributed by atoms with Gasteiger partial charge in [-0.25, -0.2) is 4.68 Å². The van der Waals surface area contributed by atoms with Gasteiger partial charge in [0.05, 0.1) is 18.8 Å². The van der Waals surface area contributed by atoms with Gasteiger partial charge in [0.1, 0.15) is 5.69 Å². The van der Waals surface area contributed by atoms with Crippen LogP contribution in [0.2, 0.25) is 5.02 Å². The summed E-state index contributed by atoms with van der Waals surface area (Å²) < 4.78 is 1.84. The minimum Gasteiger partial charge on any atom is -0.390 e. The van der Waals surface area contributed by atoms with Crippen molar-refractivity contribution in [3.8, 4) is 0 Å². The Morgan fingerprint density at radius 1 is 0.955 bits per heavy atom. The normalized spacial score (nSPS) is 10.8. The van der Waals surface area contributed by atoms with Crippen LogP contribution in [0.1, 0.15) is 22.5 Å². The molecule has 0 atom stereocenters. The molecule has 3 aromatic rings. The zero-order valence-electron chi connectivity index (χ0n) is 12.0. The van der Waals surface area contributed by atoms with E-state index in [1.807, 2.05) is 59.3 Å². The van der Waals surface area contributed by atoms with Gasteiger partial charge in [0.25, 0.3) is 0 Å². The molecule has 0 bridgehead atoms. The molecule has 0 aliphatic rings. The van der Waals surface area contributed by atoms with E-state index in [-0.39, 0.29) is 6.61 Å². The van der Waals surface area contributed by atoms with Gasteiger partial charge in [-0.05, 0) is 23.3 Å². The number of aromatic nitrogens is 3. The smallest absolute Gasteiger partial charge is 0.112 e. The van der Waals surface area contributed by atoms with Crippen LogP contribution >= 0.6 is 11.6 Å². The molecule has 5 heteroatoms. The van der Waals surface area contributed by atoms with Crippen molar-refractivity contribution in [2.45, 2.75) is 19.6 Å². The van der Waals surface area contributed by atoms with Gasteiger partial charge in [-0.15, -0.1) is 5.10 Å². The van der Waals surface area contributed by atoms with Crippen molar-refractivity contribution in [2.24, 2.45) is 0 Å². The molecule has 1 heterocycles. The summed E-state index contributed by atoms with van der Waals surface area (Å²) in [7, 11) is 0. The largest absolute Gasteiger partial charge is 0.390 e. The van der Waals surface area contributed by atoms with E-state index in [9.17, 15) is 5.11 Å². The zero-order chi connectivity index (χ0) is 15.4. The van der Waals surface area contributed by atoms with Crippen molar-refractivity contribution in [2.75, 3.05) is 0 Å². The lowest BCUT2D eigenvalue weighted by Crippen LogP contribution is -2.08. The molecule has 0 unspecified atom stereocenters. The van der Waals surface area contributed by atoms with Crippen LogP contribution < -0.4 is 0 Å². The first kappa shape index (κ1) is 14.8. The molecule has 0 aliphatic carbocycles. The third-order valence-electron chi connectivity index (χ3n) is 3.53. The number of nitrogens with zero attached hydrogens (tertiary/aromatic N) is 3. The Labute approximate surface area is 134 Å². The summed E-state index contributed by atoms with van der Waals surface area (Å²) >= 11 is 5.92. The number of hydrogen-bond donors (Lipinski definition) is 1. The van der Waals surface area contributed by atoms with Gasteiger partial charge in [-0.2, -0.15) is 0 Å². The maximum atomic E-state index is 9.48. The number of aliphatic hydroxyl groups is 1. The number of rotatable bonds is 5. The van der Waals surface area contributed by atoms with E-state index in [1.165, 1.54) is 0 Å². The first-order valence-corrected chi connectivity index (χ1v) is 7.44. The first-order chi connectivity index (χ1) is 10.8. The van der Waals surface area contributed by atoms with E-state index in [4.69, 9.17) is 11.6 Å². The summed E-state index contributed by atoms with van der Waals surface area (Å²) in [6, 6.07) is 17.8. The average Bonchev–Trinajstić information content (AvgIpc) is 2.92. The van der Waals surface area contributed by atoms with Gasteiger partial charge in [0.2, 0.25) is 0 Å². The number of hydrogen-bond acceptors (Lipinski definition) is 3. The SMILES string of the molecule is OCc1nnn(Cc2ccccc2)c1Cc1ccc(Cl)cc1. The Balaban J connectivity index is 1.88. The van der Waals surface area contributed by atoms with E-state index < -0.39 is 0 Å². The Kier molecular flexibility index (Phi) is 4.51. The first-order valence-electron chi connectivity index (χ1n) is 7.06. The highest BCUT2D eigenvalue weighted by Crippen LogP contribution is 2.16. The Morgan fingerprint density at radius 3 is 2.36 bits per heavy atom. The van der Waals surface area contributed by atoms with Crippen molar-refractivity contribution in [1.82, 2.24) is 15.0 Å². The van der Waals surface area contributed by atoms with Gasteiger partial charge in [0.15, 0.2) is 0 Å².